The summed E-state index contributed by atoms with van der Waals surface area (Å²) in [5.41, 5.74) is 2.87. The van der Waals surface area contributed by atoms with Crippen LogP contribution in [0.5, 0.6) is 5.75 Å². The van der Waals surface area contributed by atoms with Crippen molar-refractivity contribution in [3.8, 4) is 5.75 Å². The van der Waals surface area contributed by atoms with Crippen LogP contribution in [0.4, 0.5) is 4.79 Å². The molecule has 2 aromatic carbocycles. The molecule has 1 aliphatic rings. The van der Waals surface area contributed by atoms with Gasteiger partial charge < -0.3 is 21.1 Å². The second-order valence-corrected chi connectivity index (χ2v) is 8.36. The lowest BCUT2D eigenvalue weighted by atomic mass is 9.97. The SMILES string of the molecule is N=C(CC(NC(=O)N[C@H]1CCN(Cc2ccccc2)C1)c1ccccc1O)c1cccnc1. The van der Waals surface area contributed by atoms with Crippen LogP contribution in [0.1, 0.15) is 35.6 Å². The summed E-state index contributed by atoms with van der Waals surface area (Å²) in [6.07, 6.45) is 4.41. The van der Waals surface area contributed by atoms with Gasteiger partial charge in [-0.05, 0) is 24.1 Å². The topological polar surface area (TPSA) is 101 Å². The van der Waals surface area contributed by atoms with E-state index in [1.54, 1.807) is 36.7 Å². The predicted octanol–water partition coefficient (Wildman–Crippen LogP) is 3.86. The van der Waals surface area contributed by atoms with Crippen LogP contribution in [0.25, 0.3) is 0 Å². The number of phenols is 1. The quantitative estimate of drug-likeness (QED) is 0.397. The molecule has 0 spiro atoms. The number of carbonyl (C=O) groups excluding carboxylic acids is 1. The summed E-state index contributed by atoms with van der Waals surface area (Å²) in [4.78, 5) is 19.3. The second kappa shape index (κ2) is 10.7. The summed E-state index contributed by atoms with van der Waals surface area (Å²) >= 11 is 0. The molecule has 33 heavy (non-hydrogen) atoms. The Morgan fingerprint density at radius 2 is 1.91 bits per heavy atom. The van der Waals surface area contributed by atoms with Gasteiger partial charge in [0.15, 0.2) is 0 Å². The highest BCUT2D eigenvalue weighted by molar-refractivity contribution is 5.98. The van der Waals surface area contributed by atoms with Gasteiger partial charge in [-0.15, -0.1) is 0 Å². The van der Waals surface area contributed by atoms with E-state index >= 15 is 0 Å². The highest BCUT2D eigenvalue weighted by atomic mass is 16.3. The van der Waals surface area contributed by atoms with Crippen LogP contribution in [0.3, 0.4) is 0 Å². The first-order valence-corrected chi connectivity index (χ1v) is 11.2. The third-order valence-electron chi connectivity index (χ3n) is 5.89. The van der Waals surface area contributed by atoms with E-state index in [4.69, 9.17) is 5.41 Å². The summed E-state index contributed by atoms with van der Waals surface area (Å²) in [7, 11) is 0. The first-order valence-electron chi connectivity index (χ1n) is 11.2. The number of aromatic hydroxyl groups is 1. The van der Waals surface area contributed by atoms with Gasteiger partial charge in [-0.2, -0.15) is 0 Å². The number of para-hydroxylation sites is 1. The fraction of sp³-hybridized carbons (Fsp3) is 0.269. The molecule has 7 nitrogen and oxygen atoms in total. The van der Waals surface area contributed by atoms with Crippen molar-refractivity contribution in [1.29, 1.82) is 5.41 Å². The third-order valence-corrected chi connectivity index (χ3v) is 5.89. The van der Waals surface area contributed by atoms with Crippen LogP contribution in [0.2, 0.25) is 0 Å². The minimum atomic E-state index is -0.541. The minimum absolute atomic E-state index is 0.0523. The van der Waals surface area contributed by atoms with Gasteiger partial charge in [-0.3, -0.25) is 9.88 Å². The standard InChI is InChI=1S/C26H29N5O2/c27-23(20-9-6-13-28-16-20)15-24(22-10-4-5-11-25(22)32)30-26(33)29-21-12-14-31(18-21)17-19-7-2-1-3-8-19/h1-11,13,16,21,24,27,32H,12,14-15,17-18H2,(H2,29,30,33)/t21-,24?/m0/s1. The number of phenolic OH excluding ortho intramolecular Hbond substituents is 1. The Morgan fingerprint density at radius 3 is 2.67 bits per heavy atom. The van der Waals surface area contributed by atoms with Crippen LogP contribution in [0, 0.1) is 5.41 Å². The highest BCUT2D eigenvalue weighted by Gasteiger charge is 2.26. The largest absolute Gasteiger partial charge is 0.508 e. The third kappa shape index (κ3) is 6.17. The molecule has 0 bridgehead atoms. The maximum atomic E-state index is 12.9. The van der Waals surface area contributed by atoms with E-state index in [9.17, 15) is 9.90 Å². The monoisotopic (exact) mass is 443 g/mol. The van der Waals surface area contributed by atoms with E-state index in [2.05, 4.69) is 32.7 Å². The molecule has 1 saturated heterocycles. The summed E-state index contributed by atoms with van der Waals surface area (Å²) in [5, 5.41) is 24.9. The molecule has 2 heterocycles. The first kappa shape index (κ1) is 22.5. The van der Waals surface area contributed by atoms with Crippen molar-refractivity contribution in [3.63, 3.8) is 0 Å². The number of urea groups is 1. The average molecular weight is 444 g/mol. The lowest BCUT2D eigenvalue weighted by Gasteiger charge is -2.23. The van der Waals surface area contributed by atoms with Crippen LogP contribution >= 0.6 is 0 Å². The number of nitrogens with zero attached hydrogens (tertiary/aromatic N) is 2. The molecular formula is C26H29N5O2. The molecule has 4 rings (SSSR count). The molecule has 0 aliphatic carbocycles. The number of benzene rings is 2. The molecule has 3 aromatic rings. The summed E-state index contributed by atoms with van der Waals surface area (Å²) in [6, 6.07) is 20.0. The molecule has 2 atom stereocenters. The number of pyridine rings is 1. The number of carbonyl (C=O) groups is 1. The highest BCUT2D eigenvalue weighted by Crippen LogP contribution is 2.27. The fourth-order valence-electron chi connectivity index (χ4n) is 4.21. The van der Waals surface area contributed by atoms with Crippen molar-refractivity contribution in [2.75, 3.05) is 13.1 Å². The van der Waals surface area contributed by atoms with Crippen molar-refractivity contribution in [1.82, 2.24) is 20.5 Å². The molecule has 0 saturated carbocycles. The van der Waals surface area contributed by atoms with Crippen molar-refractivity contribution >= 4 is 11.7 Å². The van der Waals surface area contributed by atoms with Gasteiger partial charge in [0.25, 0.3) is 0 Å². The minimum Gasteiger partial charge on any atom is -0.508 e. The van der Waals surface area contributed by atoms with Crippen molar-refractivity contribution in [2.45, 2.75) is 31.5 Å². The maximum Gasteiger partial charge on any atom is 0.315 e. The number of amides is 2. The van der Waals surface area contributed by atoms with E-state index in [-0.39, 0.29) is 24.2 Å². The van der Waals surface area contributed by atoms with Gasteiger partial charge in [-0.25, -0.2) is 4.79 Å². The zero-order chi connectivity index (χ0) is 23.0. The van der Waals surface area contributed by atoms with Crippen molar-refractivity contribution < 1.29 is 9.90 Å². The molecule has 4 N–H and O–H groups in total. The molecule has 170 valence electrons. The Hall–Kier alpha value is -3.71. The summed E-state index contributed by atoms with van der Waals surface area (Å²) < 4.78 is 0. The molecule has 1 fully saturated rings. The van der Waals surface area contributed by atoms with Gasteiger partial charge in [0, 0.05) is 61.3 Å². The van der Waals surface area contributed by atoms with Gasteiger partial charge in [-0.1, -0.05) is 54.6 Å². The summed E-state index contributed by atoms with van der Waals surface area (Å²) in [6.45, 7) is 2.58. The predicted molar refractivity (Wildman–Crippen MR) is 128 cm³/mol. The van der Waals surface area contributed by atoms with Gasteiger partial charge in [0.2, 0.25) is 0 Å². The molecule has 1 unspecified atom stereocenters. The smallest absolute Gasteiger partial charge is 0.315 e. The summed E-state index contributed by atoms with van der Waals surface area (Å²) in [5.74, 6) is 0.0942. The van der Waals surface area contributed by atoms with Crippen molar-refractivity contribution in [3.05, 3.63) is 95.8 Å². The van der Waals surface area contributed by atoms with E-state index in [0.717, 1.165) is 26.1 Å². The number of likely N-dealkylation sites (tertiary alicyclic amines) is 1. The normalized spacial score (nSPS) is 16.8. The Kier molecular flexibility index (Phi) is 7.32. The van der Waals surface area contributed by atoms with E-state index in [1.165, 1.54) is 5.56 Å². The number of aromatic nitrogens is 1. The molecule has 1 aromatic heterocycles. The number of rotatable bonds is 8. The molecule has 1 aliphatic heterocycles. The lowest BCUT2D eigenvalue weighted by molar-refractivity contribution is 0.232. The van der Waals surface area contributed by atoms with Crippen LogP contribution < -0.4 is 10.6 Å². The van der Waals surface area contributed by atoms with E-state index in [0.29, 0.717) is 16.8 Å². The Balaban J connectivity index is 1.38. The second-order valence-electron chi connectivity index (χ2n) is 8.36. The molecule has 2 amide bonds. The molecular weight excluding hydrogens is 414 g/mol. The molecule has 7 heteroatoms. The van der Waals surface area contributed by atoms with Crippen LogP contribution in [0.15, 0.2) is 79.1 Å². The van der Waals surface area contributed by atoms with Crippen LogP contribution in [-0.2, 0) is 6.54 Å². The lowest BCUT2D eigenvalue weighted by Crippen LogP contribution is -2.45. The first-order chi connectivity index (χ1) is 16.1. The average Bonchev–Trinajstić information content (AvgIpc) is 3.26. The zero-order valence-corrected chi connectivity index (χ0v) is 18.4. The Labute approximate surface area is 194 Å². The Bertz CT molecular complexity index is 1070. The maximum absolute atomic E-state index is 12.9. The van der Waals surface area contributed by atoms with E-state index in [1.807, 2.05) is 30.3 Å². The van der Waals surface area contributed by atoms with Crippen molar-refractivity contribution in [2.24, 2.45) is 0 Å². The van der Waals surface area contributed by atoms with Gasteiger partial charge in [0.1, 0.15) is 5.75 Å². The zero-order valence-electron chi connectivity index (χ0n) is 18.4. The number of hydrogen-bond acceptors (Lipinski definition) is 5. The molecule has 0 radical (unpaired) electrons. The Morgan fingerprint density at radius 1 is 1.12 bits per heavy atom. The number of nitrogens with one attached hydrogen (secondary N) is 3. The van der Waals surface area contributed by atoms with Crippen LogP contribution in [-0.4, -0.2) is 45.9 Å². The number of hydrogen-bond donors (Lipinski definition) is 4. The van der Waals surface area contributed by atoms with E-state index < -0.39 is 6.04 Å². The van der Waals surface area contributed by atoms with Gasteiger partial charge >= 0.3 is 6.03 Å². The van der Waals surface area contributed by atoms with Gasteiger partial charge in [0.05, 0.1) is 6.04 Å². The fourth-order valence-corrected chi connectivity index (χ4v) is 4.21.